The summed E-state index contributed by atoms with van der Waals surface area (Å²) in [6.45, 7) is -3.49. The number of ether oxygens (including phenoxy) is 2. The van der Waals surface area contributed by atoms with Crippen molar-refractivity contribution in [1.82, 2.24) is 40.4 Å². The monoisotopic (exact) mass is 634 g/mol. The molecule has 0 bridgehead atoms. The Labute approximate surface area is 245 Å². The van der Waals surface area contributed by atoms with Gasteiger partial charge in [-0.2, -0.15) is 22.7 Å². The van der Waals surface area contributed by atoms with Crippen molar-refractivity contribution in [3.05, 3.63) is 35.4 Å². The molecule has 3 amide bonds. The summed E-state index contributed by atoms with van der Waals surface area (Å²) >= 11 is 0. The smallest absolute Gasteiger partial charge is 0.329 e. The van der Waals surface area contributed by atoms with Crippen molar-refractivity contribution in [1.29, 1.82) is 0 Å². The molecule has 0 unspecified atom stereocenters. The topological polar surface area (TPSA) is 149 Å². The van der Waals surface area contributed by atoms with Crippen LogP contribution in [0.2, 0.25) is 0 Å². The van der Waals surface area contributed by atoms with Crippen molar-refractivity contribution in [2.24, 2.45) is 5.92 Å². The van der Waals surface area contributed by atoms with Crippen LogP contribution in [-0.4, -0.2) is 93.4 Å². The number of fused-ring (bicyclic) bond motifs is 1. The highest BCUT2D eigenvalue weighted by atomic mass is 19.3. The van der Waals surface area contributed by atoms with Gasteiger partial charge in [0.15, 0.2) is 5.65 Å². The number of imidazole rings is 1. The zero-order chi connectivity index (χ0) is 31.9. The van der Waals surface area contributed by atoms with E-state index in [4.69, 9.17) is 9.47 Å². The predicted octanol–water partition coefficient (Wildman–Crippen LogP) is 3.40. The minimum atomic E-state index is -4.54. The lowest BCUT2D eigenvalue weighted by atomic mass is 9.81. The minimum absolute atomic E-state index is 0.0531. The van der Waals surface area contributed by atoms with Crippen molar-refractivity contribution < 1.29 is 50.0 Å². The molecule has 1 saturated carbocycles. The van der Waals surface area contributed by atoms with E-state index < -0.39 is 73.6 Å². The molecule has 3 aromatic heterocycles. The highest BCUT2D eigenvalue weighted by molar-refractivity contribution is 5.94. The van der Waals surface area contributed by atoms with Crippen LogP contribution in [0.4, 0.5) is 31.1 Å². The zero-order valence-corrected chi connectivity index (χ0v) is 23.4. The van der Waals surface area contributed by atoms with Crippen molar-refractivity contribution >= 4 is 17.6 Å². The Balaban J connectivity index is 1.48. The van der Waals surface area contributed by atoms with Gasteiger partial charge in [0.2, 0.25) is 11.6 Å². The number of methoxy groups -OCH3 is 2. The Morgan fingerprint density at radius 3 is 2.57 bits per heavy atom. The Bertz CT molecular complexity index is 1510. The summed E-state index contributed by atoms with van der Waals surface area (Å²) in [6, 6.07) is -1.92. The van der Waals surface area contributed by atoms with Gasteiger partial charge in [-0.1, -0.05) is 0 Å². The molecule has 2 aliphatic rings. The lowest BCUT2D eigenvalue weighted by Gasteiger charge is -2.33. The Morgan fingerprint density at radius 2 is 1.89 bits per heavy atom. The zero-order valence-electron chi connectivity index (χ0n) is 23.4. The third-order valence-corrected chi connectivity index (χ3v) is 7.78. The molecule has 3 aromatic rings. The second kappa shape index (κ2) is 11.7. The molecule has 0 spiro atoms. The quantitative estimate of drug-likeness (QED) is 0.338. The van der Waals surface area contributed by atoms with E-state index in [1.807, 2.05) is 5.32 Å². The SMILES string of the molecule is COC[C@H](c1cnn2cc([C@@H](NC(=O)c3nonc3OC)C3CCC(F)(F)CC3)nc2c1)N1CC(F)(F)C(F)(F)CNC1=O. The van der Waals surface area contributed by atoms with E-state index in [1.54, 1.807) is 0 Å². The maximum absolute atomic E-state index is 14.4. The Morgan fingerprint density at radius 1 is 1.16 bits per heavy atom. The number of rotatable bonds is 9. The van der Waals surface area contributed by atoms with E-state index in [9.17, 15) is 35.9 Å². The van der Waals surface area contributed by atoms with Crippen molar-refractivity contribution in [3.8, 4) is 5.88 Å². The van der Waals surface area contributed by atoms with Crippen LogP contribution in [0.1, 0.15) is 59.5 Å². The van der Waals surface area contributed by atoms with E-state index in [0.29, 0.717) is 4.90 Å². The van der Waals surface area contributed by atoms with Gasteiger partial charge in [-0.15, -0.1) is 0 Å². The summed E-state index contributed by atoms with van der Waals surface area (Å²) in [5.74, 6) is -13.3. The molecule has 4 heterocycles. The van der Waals surface area contributed by atoms with E-state index in [1.165, 1.54) is 37.2 Å². The third-order valence-electron chi connectivity index (χ3n) is 7.78. The average Bonchev–Trinajstić information content (AvgIpc) is 3.61. The number of amides is 3. The number of aromatic nitrogens is 5. The Kier molecular flexibility index (Phi) is 8.34. The average molecular weight is 635 g/mol. The molecule has 44 heavy (non-hydrogen) atoms. The summed E-state index contributed by atoms with van der Waals surface area (Å²) < 4.78 is 101. The van der Waals surface area contributed by atoms with Crippen LogP contribution in [0, 0.1) is 5.92 Å². The van der Waals surface area contributed by atoms with Crippen molar-refractivity contribution in [3.63, 3.8) is 0 Å². The first-order valence-corrected chi connectivity index (χ1v) is 13.4. The number of carbonyl (C=O) groups excluding carboxylic acids is 2. The Hall–Kier alpha value is -4.16. The molecule has 2 N–H and O–H groups in total. The standard InChI is InChI=1S/C25H28F6N8O5/c1-42-10-16(38-12-25(30,31)24(28,29)11-32-22(38)41)14-7-17-34-15(9-39(17)33-8-14)18(13-3-5-23(26,27)6-4-13)35-20(40)19-21(43-2)37-44-36-19/h7-9,13,16,18H,3-6,10-12H2,1-2H3,(H,32,41)(H,35,40)/t16-,18+/m1/s1. The molecule has 2 fully saturated rings. The molecule has 240 valence electrons. The van der Waals surface area contributed by atoms with E-state index in [2.05, 4.69) is 30.3 Å². The molecule has 1 aliphatic heterocycles. The fraction of sp³-hybridized carbons (Fsp3) is 0.600. The maximum Gasteiger partial charge on any atom is 0.329 e. The predicted molar refractivity (Wildman–Crippen MR) is 136 cm³/mol. The van der Waals surface area contributed by atoms with Crippen molar-refractivity contribution in [2.45, 2.75) is 55.5 Å². The molecule has 1 aliphatic carbocycles. The fourth-order valence-electron chi connectivity index (χ4n) is 5.33. The van der Waals surface area contributed by atoms with Crippen LogP contribution in [-0.2, 0) is 4.74 Å². The number of hydrogen-bond acceptors (Lipinski definition) is 9. The summed E-state index contributed by atoms with van der Waals surface area (Å²) in [4.78, 5) is 30.8. The van der Waals surface area contributed by atoms with E-state index >= 15 is 0 Å². The lowest BCUT2D eigenvalue weighted by Crippen LogP contribution is -2.49. The number of urea groups is 1. The van der Waals surface area contributed by atoms with Crippen LogP contribution >= 0.6 is 0 Å². The van der Waals surface area contributed by atoms with Gasteiger partial charge >= 0.3 is 17.9 Å². The van der Waals surface area contributed by atoms with Crippen LogP contribution in [0.15, 0.2) is 23.1 Å². The number of nitrogens with one attached hydrogen (secondary N) is 2. The van der Waals surface area contributed by atoms with Gasteiger partial charge in [-0.3, -0.25) is 4.79 Å². The molecular formula is C25H28F6N8O5. The van der Waals surface area contributed by atoms with E-state index in [-0.39, 0.29) is 47.9 Å². The number of alkyl halides is 6. The second-order valence-corrected chi connectivity index (χ2v) is 10.7. The lowest BCUT2D eigenvalue weighted by molar-refractivity contribution is -0.205. The number of nitrogens with zero attached hydrogens (tertiary/aromatic N) is 6. The van der Waals surface area contributed by atoms with Crippen LogP contribution in [0.5, 0.6) is 5.88 Å². The highest BCUT2D eigenvalue weighted by Gasteiger charge is 2.60. The number of halogens is 6. The van der Waals surface area contributed by atoms with Crippen LogP contribution in [0.25, 0.3) is 5.65 Å². The van der Waals surface area contributed by atoms with Gasteiger partial charge < -0.3 is 25.0 Å². The van der Waals surface area contributed by atoms with Gasteiger partial charge in [-0.05, 0) is 35.1 Å². The molecule has 5 rings (SSSR count). The van der Waals surface area contributed by atoms with Crippen molar-refractivity contribution in [2.75, 3.05) is 33.9 Å². The summed E-state index contributed by atoms with van der Waals surface area (Å²) in [6.07, 6.45) is 1.98. The van der Waals surface area contributed by atoms with Crippen LogP contribution < -0.4 is 15.4 Å². The molecule has 0 aromatic carbocycles. The van der Waals surface area contributed by atoms with Crippen LogP contribution in [0.3, 0.4) is 0 Å². The normalized spacial score (nSPS) is 21.4. The minimum Gasteiger partial charge on any atom is -0.477 e. The molecule has 0 radical (unpaired) electrons. The largest absolute Gasteiger partial charge is 0.477 e. The molecule has 19 heteroatoms. The highest BCUT2D eigenvalue weighted by Crippen LogP contribution is 2.42. The van der Waals surface area contributed by atoms with Gasteiger partial charge in [0, 0.05) is 25.5 Å². The van der Waals surface area contributed by atoms with Gasteiger partial charge in [-0.25, -0.2) is 27.7 Å². The third kappa shape index (κ3) is 6.09. The fourth-order valence-corrected chi connectivity index (χ4v) is 5.33. The van der Waals surface area contributed by atoms with Gasteiger partial charge in [0.05, 0.1) is 57.0 Å². The first-order chi connectivity index (χ1) is 20.7. The molecule has 2 atom stereocenters. The number of carbonyl (C=O) groups is 2. The van der Waals surface area contributed by atoms with Gasteiger partial charge in [0.25, 0.3) is 11.8 Å². The summed E-state index contributed by atoms with van der Waals surface area (Å²) in [7, 11) is 2.50. The molecule has 13 nitrogen and oxygen atoms in total. The summed E-state index contributed by atoms with van der Waals surface area (Å²) in [5, 5.41) is 15.8. The number of hydrogen-bond donors (Lipinski definition) is 2. The van der Waals surface area contributed by atoms with Gasteiger partial charge in [0.1, 0.15) is 0 Å². The first-order valence-electron chi connectivity index (χ1n) is 13.4. The summed E-state index contributed by atoms with van der Waals surface area (Å²) in [5.41, 5.74) is 0.231. The van der Waals surface area contributed by atoms with E-state index in [0.717, 1.165) is 0 Å². The second-order valence-electron chi connectivity index (χ2n) is 10.7. The molecular weight excluding hydrogens is 606 g/mol. The first kappa shape index (κ1) is 31.3. The maximum atomic E-state index is 14.4. The molecule has 1 saturated heterocycles.